The van der Waals surface area contributed by atoms with E-state index in [0.717, 1.165) is 48.9 Å². The van der Waals surface area contributed by atoms with E-state index in [1.807, 2.05) is 26.0 Å². The SMILES string of the molecule is CCOc1cc(Br)c(CC(=O)NCCCN2CCCC(C(N)=O)C2)cc1OCC. The summed E-state index contributed by atoms with van der Waals surface area (Å²) in [4.78, 5) is 26.0. The molecule has 1 atom stereocenters. The summed E-state index contributed by atoms with van der Waals surface area (Å²) >= 11 is 3.52. The first kappa shape index (κ1) is 23.5. The van der Waals surface area contributed by atoms with Gasteiger partial charge in [0.1, 0.15) is 0 Å². The maximum Gasteiger partial charge on any atom is 0.224 e. The van der Waals surface area contributed by atoms with Crippen LogP contribution in [-0.4, -0.2) is 56.1 Å². The molecule has 0 bridgehead atoms. The van der Waals surface area contributed by atoms with Gasteiger partial charge in [-0.1, -0.05) is 15.9 Å². The van der Waals surface area contributed by atoms with Gasteiger partial charge in [0.2, 0.25) is 11.8 Å². The van der Waals surface area contributed by atoms with Gasteiger partial charge in [-0.3, -0.25) is 9.59 Å². The predicted octanol–water partition coefficient (Wildman–Crippen LogP) is 2.49. The first-order valence-corrected chi connectivity index (χ1v) is 11.1. The highest BCUT2D eigenvalue weighted by atomic mass is 79.9. The minimum atomic E-state index is -0.213. The number of piperidine rings is 1. The second-order valence-electron chi connectivity index (χ2n) is 7.18. The molecular formula is C21H32BrN3O4. The summed E-state index contributed by atoms with van der Waals surface area (Å²) in [5.74, 6) is 1.02. The average molecular weight is 470 g/mol. The van der Waals surface area contributed by atoms with E-state index in [0.29, 0.717) is 31.3 Å². The minimum Gasteiger partial charge on any atom is -0.490 e. The zero-order valence-corrected chi connectivity index (χ0v) is 18.9. The van der Waals surface area contributed by atoms with Gasteiger partial charge in [0.05, 0.1) is 25.6 Å². The van der Waals surface area contributed by atoms with Crippen LogP contribution in [-0.2, 0) is 16.0 Å². The predicted molar refractivity (Wildman–Crippen MR) is 116 cm³/mol. The van der Waals surface area contributed by atoms with Gasteiger partial charge in [0.15, 0.2) is 11.5 Å². The summed E-state index contributed by atoms with van der Waals surface area (Å²) in [6.45, 7) is 8.07. The van der Waals surface area contributed by atoms with Crippen LogP contribution in [0.5, 0.6) is 11.5 Å². The van der Waals surface area contributed by atoms with Crippen molar-refractivity contribution in [3.8, 4) is 11.5 Å². The number of nitrogens with one attached hydrogen (secondary N) is 1. The maximum atomic E-state index is 12.4. The number of hydrogen-bond donors (Lipinski definition) is 2. The molecule has 162 valence electrons. The zero-order chi connectivity index (χ0) is 21.2. The van der Waals surface area contributed by atoms with Crippen LogP contribution >= 0.6 is 15.9 Å². The van der Waals surface area contributed by atoms with Crippen LogP contribution in [0, 0.1) is 5.92 Å². The highest BCUT2D eigenvalue weighted by molar-refractivity contribution is 9.10. The van der Waals surface area contributed by atoms with Crippen molar-refractivity contribution in [3.63, 3.8) is 0 Å². The molecule has 1 heterocycles. The number of likely N-dealkylation sites (tertiary alicyclic amines) is 1. The summed E-state index contributed by atoms with van der Waals surface area (Å²) in [6.07, 6.45) is 2.98. The number of nitrogens with zero attached hydrogens (tertiary/aromatic N) is 1. The Morgan fingerprint density at radius 1 is 1.24 bits per heavy atom. The number of benzene rings is 1. The molecule has 29 heavy (non-hydrogen) atoms. The molecule has 0 spiro atoms. The van der Waals surface area contributed by atoms with E-state index in [1.165, 1.54) is 0 Å². The van der Waals surface area contributed by atoms with E-state index in [9.17, 15) is 9.59 Å². The van der Waals surface area contributed by atoms with Gasteiger partial charge in [-0.05, 0) is 63.9 Å². The largest absolute Gasteiger partial charge is 0.490 e. The lowest BCUT2D eigenvalue weighted by molar-refractivity contribution is -0.123. The van der Waals surface area contributed by atoms with E-state index >= 15 is 0 Å². The van der Waals surface area contributed by atoms with Gasteiger partial charge >= 0.3 is 0 Å². The van der Waals surface area contributed by atoms with Gasteiger partial charge in [0.25, 0.3) is 0 Å². The summed E-state index contributed by atoms with van der Waals surface area (Å²) in [7, 11) is 0. The first-order valence-electron chi connectivity index (χ1n) is 10.3. The Hall–Kier alpha value is -1.80. The molecule has 3 N–H and O–H groups in total. The first-order chi connectivity index (χ1) is 13.9. The molecule has 0 radical (unpaired) electrons. The fraction of sp³-hybridized carbons (Fsp3) is 0.619. The quantitative estimate of drug-likeness (QED) is 0.485. The van der Waals surface area contributed by atoms with Crippen molar-refractivity contribution in [1.82, 2.24) is 10.2 Å². The number of nitrogens with two attached hydrogens (primary N) is 1. The Morgan fingerprint density at radius 2 is 1.93 bits per heavy atom. The van der Waals surface area contributed by atoms with Gasteiger partial charge < -0.3 is 25.4 Å². The molecule has 1 unspecified atom stereocenters. The Kier molecular flexibility index (Phi) is 9.73. The molecule has 1 aliphatic rings. The van der Waals surface area contributed by atoms with Crippen molar-refractivity contribution in [2.45, 2.75) is 39.5 Å². The molecule has 1 aliphatic heterocycles. The Labute approximate surface area is 181 Å². The van der Waals surface area contributed by atoms with Gasteiger partial charge in [-0.25, -0.2) is 0 Å². The molecule has 1 saturated heterocycles. The number of hydrogen-bond acceptors (Lipinski definition) is 5. The topological polar surface area (TPSA) is 93.9 Å². The average Bonchev–Trinajstić information content (AvgIpc) is 2.69. The summed E-state index contributed by atoms with van der Waals surface area (Å²) < 4.78 is 12.1. The number of carbonyl (C=O) groups excluding carboxylic acids is 2. The molecule has 0 aromatic heterocycles. The molecule has 2 amide bonds. The second-order valence-corrected chi connectivity index (χ2v) is 8.03. The molecule has 2 rings (SSSR count). The molecule has 0 saturated carbocycles. The fourth-order valence-corrected chi connectivity index (χ4v) is 3.97. The van der Waals surface area contributed by atoms with Crippen molar-refractivity contribution in [3.05, 3.63) is 22.2 Å². The van der Waals surface area contributed by atoms with Gasteiger partial charge in [-0.2, -0.15) is 0 Å². The summed E-state index contributed by atoms with van der Waals surface area (Å²) in [5.41, 5.74) is 6.28. The Morgan fingerprint density at radius 3 is 2.59 bits per heavy atom. The van der Waals surface area contributed by atoms with Crippen LogP contribution in [0.15, 0.2) is 16.6 Å². The normalized spacial score (nSPS) is 17.0. The van der Waals surface area contributed by atoms with E-state index in [-0.39, 0.29) is 24.2 Å². The third-order valence-electron chi connectivity index (χ3n) is 4.94. The van der Waals surface area contributed by atoms with Crippen molar-refractivity contribution < 1.29 is 19.1 Å². The molecule has 1 fully saturated rings. The van der Waals surface area contributed by atoms with E-state index in [1.54, 1.807) is 0 Å². The van der Waals surface area contributed by atoms with Crippen LogP contribution in [0.3, 0.4) is 0 Å². The van der Waals surface area contributed by atoms with Crippen molar-refractivity contribution in [2.75, 3.05) is 39.4 Å². The second kappa shape index (κ2) is 12.0. The van der Waals surface area contributed by atoms with Crippen LogP contribution in [0.2, 0.25) is 0 Å². The van der Waals surface area contributed by atoms with Gasteiger partial charge in [-0.15, -0.1) is 0 Å². The lowest BCUT2D eigenvalue weighted by Crippen LogP contribution is -2.42. The van der Waals surface area contributed by atoms with E-state index < -0.39 is 0 Å². The lowest BCUT2D eigenvalue weighted by Gasteiger charge is -2.31. The maximum absolute atomic E-state index is 12.4. The number of carbonyl (C=O) groups is 2. The number of rotatable bonds is 11. The van der Waals surface area contributed by atoms with E-state index in [2.05, 4.69) is 26.1 Å². The third kappa shape index (κ3) is 7.51. The van der Waals surface area contributed by atoms with E-state index in [4.69, 9.17) is 15.2 Å². The molecule has 0 aliphatic carbocycles. The molecule has 1 aromatic rings. The van der Waals surface area contributed by atoms with Crippen LogP contribution in [0.25, 0.3) is 0 Å². The summed E-state index contributed by atoms with van der Waals surface area (Å²) in [6, 6.07) is 3.71. The Balaban J connectivity index is 1.80. The number of ether oxygens (including phenoxy) is 2. The standard InChI is InChI=1S/C21H32BrN3O4/c1-3-28-18-11-16(17(22)13-19(18)29-4-2)12-20(26)24-8-6-10-25-9-5-7-15(14-25)21(23)27/h11,13,15H,3-10,12,14H2,1-2H3,(H2,23,27)(H,24,26). The molecular weight excluding hydrogens is 438 g/mol. The highest BCUT2D eigenvalue weighted by Crippen LogP contribution is 2.34. The lowest BCUT2D eigenvalue weighted by atomic mass is 9.97. The zero-order valence-electron chi connectivity index (χ0n) is 17.3. The Bertz CT molecular complexity index is 699. The molecule has 1 aromatic carbocycles. The van der Waals surface area contributed by atoms with Crippen LogP contribution in [0.4, 0.5) is 0 Å². The van der Waals surface area contributed by atoms with Crippen molar-refractivity contribution in [1.29, 1.82) is 0 Å². The number of halogens is 1. The van der Waals surface area contributed by atoms with Crippen LogP contribution in [0.1, 0.15) is 38.7 Å². The fourth-order valence-electron chi connectivity index (χ4n) is 3.51. The van der Waals surface area contributed by atoms with Gasteiger partial charge in [0, 0.05) is 17.6 Å². The van der Waals surface area contributed by atoms with Crippen LogP contribution < -0.4 is 20.5 Å². The number of amides is 2. The minimum absolute atomic E-state index is 0.0361. The highest BCUT2D eigenvalue weighted by Gasteiger charge is 2.23. The monoisotopic (exact) mass is 469 g/mol. The molecule has 7 nitrogen and oxygen atoms in total. The summed E-state index contributed by atoms with van der Waals surface area (Å²) in [5, 5.41) is 2.97. The smallest absolute Gasteiger partial charge is 0.224 e. The third-order valence-corrected chi connectivity index (χ3v) is 5.68. The molecule has 8 heteroatoms. The van der Waals surface area contributed by atoms with Crippen molar-refractivity contribution in [2.24, 2.45) is 11.7 Å². The van der Waals surface area contributed by atoms with Crippen molar-refractivity contribution >= 4 is 27.7 Å². The number of primary amides is 1.